The van der Waals surface area contributed by atoms with Crippen molar-refractivity contribution in [2.75, 3.05) is 17.7 Å². The lowest BCUT2D eigenvalue weighted by molar-refractivity contribution is -0.166. The van der Waals surface area contributed by atoms with Crippen molar-refractivity contribution >= 4 is 70.5 Å². The topological polar surface area (TPSA) is 355 Å². The van der Waals surface area contributed by atoms with Gasteiger partial charge in [0.05, 0.1) is 12.9 Å². The van der Waals surface area contributed by atoms with Crippen LogP contribution in [-0.4, -0.2) is 97.5 Å². The summed E-state index contributed by atoms with van der Waals surface area (Å²) in [5, 5.41) is 17.4. The minimum atomic E-state index is -5.82. The molecule has 0 bridgehead atoms. The minimum Gasteiger partial charge on any atom is -0.477 e. The summed E-state index contributed by atoms with van der Waals surface area (Å²) in [6.45, 7) is -0.968. The number of phosphoric acid groups is 3. The number of fused-ring (bicyclic) bond motifs is 2. The number of nitrogen functional groups attached to an aromatic ring is 1. The maximum Gasteiger partial charge on any atom is 0.490 e. The molecule has 0 aromatic carbocycles. The lowest BCUT2D eigenvalue weighted by atomic mass is 10.1. The van der Waals surface area contributed by atoms with E-state index in [1.807, 2.05) is 0 Å². The average molecular weight is 704 g/mol. The molecular formula is C16H19N8O16P3S. The van der Waals surface area contributed by atoms with Crippen LogP contribution in [0.25, 0.3) is 11.2 Å². The summed E-state index contributed by atoms with van der Waals surface area (Å²) in [6, 6.07) is 0. The van der Waals surface area contributed by atoms with Crippen LogP contribution in [0.5, 0.6) is 0 Å². The van der Waals surface area contributed by atoms with Crippen LogP contribution in [0, 0.1) is 4.64 Å². The van der Waals surface area contributed by atoms with Crippen LogP contribution in [0.1, 0.15) is 16.6 Å². The number of carboxylic acids is 1. The van der Waals surface area contributed by atoms with Crippen molar-refractivity contribution < 1.29 is 75.3 Å². The van der Waals surface area contributed by atoms with Crippen molar-refractivity contribution in [2.24, 2.45) is 0 Å². The molecule has 1 amide bonds. The number of hydrogen-bond acceptors (Lipinski definition) is 16. The molecule has 0 radical (unpaired) electrons. The maximum absolute atomic E-state index is 12.9. The summed E-state index contributed by atoms with van der Waals surface area (Å²) >= 11 is 5.19. The van der Waals surface area contributed by atoms with Gasteiger partial charge in [0.1, 0.15) is 34.0 Å². The van der Waals surface area contributed by atoms with Gasteiger partial charge in [0.15, 0.2) is 17.7 Å². The SMILES string of the molecule is Nc1nc2c(ncn2C2OC(COP(=O)(O)OP(=O)(O)OP(=O)(O)O)C3O[C@@H](C(=O)Nc4n[nH]cc4C(=O)O)OC32)c(=S)[nH]1. The van der Waals surface area contributed by atoms with Gasteiger partial charge < -0.3 is 54.9 Å². The Kier molecular flexibility index (Phi) is 8.65. The molecule has 5 rings (SSSR count). The first-order valence-electron chi connectivity index (χ1n) is 11.5. The highest BCUT2D eigenvalue weighted by Gasteiger charge is 2.56. The second kappa shape index (κ2) is 11.7. The molecule has 7 atom stereocenters. The fraction of sp³-hybridized carbons (Fsp3) is 0.375. The zero-order valence-corrected chi connectivity index (χ0v) is 24.6. The summed E-state index contributed by atoms with van der Waals surface area (Å²) in [6.07, 6.45) is -4.70. The first-order chi connectivity index (χ1) is 20.4. The van der Waals surface area contributed by atoms with E-state index in [1.165, 1.54) is 10.9 Å². The van der Waals surface area contributed by atoms with Crippen molar-refractivity contribution in [3.8, 4) is 0 Å². The molecule has 28 heteroatoms. The number of rotatable bonds is 11. The Morgan fingerprint density at radius 3 is 2.50 bits per heavy atom. The number of nitrogens with one attached hydrogen (secondary N) is 3. The molecule has 2 aliphatic rings. The second-order valence-corrected chi connectivity index (χ2v) is 13.5. The smallest absolute Gasteiger partial charge is 0.477 e. The number of H-pyrrole nitrogens is 2. The third kappa shape index (κ3) is 6.96. The van der Waals surface area contributed by atoms with Crippen molar-refractivity contribution in [1.29, 1.82) is 0 Å². The molecule has 5 heterocycles. The molecule has 3 aromatic rings. The molecule has 0 saturated carbocycles. The molecule has 44 heavy (non-hydrogen) atoms. The Hall–Kier alpha value is -2.99. The van der Waals surface area contributed by atoms with Gasteiger partial charge in [0.25, 0.3) is 5.91 Å². The molecule has 6 unspecified atom stereocenters. The number of nitrogens with two attached hydrogens (primary N) is 1. The second-order valence-electron chi connectivity index (χ2n) is 8.70. The molecule has 0 spiro atoms. The normalized spacial score (nSPS) is 26.2. The van der Waals surface area contributed by atoms with Gasteiger partial charge in [-0.25, -0.2) is 23.5 Å². The average Bonchev–Trinajstić information content (AvgIpc) is 3.64. The number of carbonyl (C=O) groups is 2. The van der Waals surface area contributed by atoms with E-state index in [2.05, 4.69) is 43.6 Å². The van der Waals surface area contributed by atoms with Crippen LogP contribution in [-0.2, 0) is 45.8 Å². The molecule has 10 N–H and O–H groups in total. The molecule has 240 valence electrons. The summed E-state index contributed by atoms with van der Waals surface area (Å²) in [5.41, 5.74) is 5.65. The van der Waals surface area contributed by atoms with Gasteiger partial charge in [0, 0.05) is 6.20 Å². The van der Waals surface area contributed by atoms with Gasteiger partial charge >= 0.3 is 29.4 Å². The zero-order valence-electron chi connectivity index (χ0n) is 21.1. The monoisotopic (exact) mass is 704 g/mol. The Morgan fingerprint density at radius 1 is 1.11 bits per heavy atom. The highest BCUT2D eigenvalue weighted by atomic mass is 32.1. The zero-order chi connectivity index (χ0) is 32.2. The first kappa shape index (κ1) is 32.4. The number of anilines is 2. The molecule has 24 nitrogen and oxygen atoms in total. The molecule has 2 saturated heterocycles. The number of hydrogen-bond donors (Lipinski definition) is 9. The third-order valence-corrected chi connectivity index (χ3v) is 9.81. The van der Waals surface area contributed by atoms with Crippen LogP contribution < -0.4 is 11.1 Å². The largest absolute Gasteiger partial charge is 0.490 e. The lowest BCUT2D eigenvalue weighted by Gasteiger charge is -2.22. The van der Waals surface area contributed by atoms with Crippen molar-refractivity contribution in [1.82, 2.24) is 29.7 Å². The number of phosphoric ester groups is 1. The van der Waals surface area contributed by atoms with E-state index < -0.39 is 72.8 Å². The van der Waals surface area contributed by atoms with Gasteiger partial charge in [-0.15, -0.1) is 0 Å². The molecular weight excluding hydrogens is 685 g/mol. The van der Waals surface area contributed by atoms with E-state index in [-0.39, 0.29) is 33.1 Å². The van der Waals surface area contributed by atoms with Crippen molar-refractivity contribution in [3.05, 3.63) is 22.7 Å². The van der Waals surface area contributed by atoms with Gasteiger partial charge in [-0.3, -0.25) is 19.0 Å². The molecule has 3 aromatic heterocycles. The van der Waals surface area contributed by atoms with Crippen LogP contribution >= 0.6 is 35.7 Å². The van der Waals surface area contributed by atoms with Crippen LogP contribution in [0.15, 0.2) is 12.5 Å². The quantitative estimate of drug-likeness (QED) is 0.0895. The number of nitrogens with zero attached hydrogens (tertiary/aromatic N) is 4. The fourth-order valence-electron chi connectivity index (χ4n) is 4.14. The van der Waals surface area contributed by atoms with Gasteiger partial charge in [-0.1, -0.05) is 12.2 Å². The Balaban J connectivity index is 1.39. The number of ether oxygens (including phenoxy) is 3. The molecule has 2 fully saturated rings. The van der Waals surface area contributed by atoms with E-state index in [4.69, 9.17) is 41.9 Å². The fourth-order valence-corrected chi connectivity index (χ4v) is 7.42. The van der Waals surface area contributed by atoms with Gasteiger partial charge in [0.2, 0.25) is 12.2 Å². The highest BCUT2D eigenvalue weighted by molar-refractivity contribution is 7.71. The number of amides is 1. The van der Waals surface area contributed by atoms with E-state index in [1.54, 1.807) is 0 Å². The Labute approximate surface area is 246 Å². The minimum absolute atomic E-state index is 0.0858. The first-order valence-corrected chi connectivity index (χ1v) is 16.4. The molecule has 2 aliphatic heterocycles. The Morgan fingerprint density at radius 2 is 1.82 bits per heavy atom. The maximum atomic E-state index is 12.9. The number of carboxylic acid groups (broad SMARTS) is 1. The van der Waals surface area contributed by atoms with E-state index in [0.29, 0.717) is 0 Å². The predicted octanol–water partition coefficient (Wildman–Crippen LogP) is -0.518. The number of aromatic amines is 2. The van der Waals surface area contributed by atoms with Crippen LogP contribution in [0.3, 0.4) is 0 Å². The Bertz CT molecular complexity index is 1820. The summed E-state index contributed by atoms with van der Waals surface area (Å²) in [7, 11) is -17.0. The number of aromatic nitrogens is 6. The van der Waals surface area contributed by atoms with E-state index in [9.17, 15) is 38.2 Å². The number of imidazole rings is 1. The summed E-state index contributed by atoms with van der Waals surface area (Å²) < 4.78 is 65.6. The lowest BCUT2D eigenvalue weighted by Crippen LogP contribution is -2.34. The van der Waals surface area contributed by atoms with Crippen molar-refractivity contribution in [3.63, 3.8) is 0 Å². The summed E-state index contributed by atoms with van der Waals surface area (Å²) in [4.78, 5) is 71.8. The number of aromatic carboxylic acids is 1. The number of carbonyl (C=O) groups excluding carboxylic acids is 1. The summed E-state index contributed by atoms with van der Waals surface area (Å²) in [5.74, 6) is -2.88. The third-order valence-electron chi connectivity index (χ3n) is 5.72. The van der Waals surface area contributed by atoms with Crippen molar-refractivity contribution in [2.45, 2.75) is 30.8 Å². The molecule has 0 aliphatic carbocycles. The van der Waals surface area contributed by atoms with Gasteiger partial charge in [-0.05, 0) is 0 Å². The van der Waals surface area contributed by atoms with Crippen LogP contribution in [0.4, 0.5) is 11.8 Å². The van der Waals surface area contributed by atoms with Gasteiger partial charge in [-0.2, -0.15) is 18.7 Å². The highest BCUT2D eigenvalue weighted by Crippen LogP contribution is 2.66. The van der Waals surface area contributed by atoms with Crippen LogP contribution in [0.2, 0.25) is 0 Å². The van der Waals surface area contributed by atoms with E-state index in [0.717, 1.165) is 6.20 Å². The standard InChI is InChI=1S/C16H19N8O16P3S/c17-16-21-10-6(12(44)22-16)18-3-24(10)13-8-7(37-15(38-8)11(25)20-9-4(14(26)27)1-19-23-9)5(36-13)2-35-42(31,32)40-43(33,34)39-41(28,29)30/h1,3,5,7-8,13,15H,2H2,(H,26,27)(H,31,32)(H,33,34)(H2,28,29,30)(H3,17,21,22,44)(H2,19,20,23,25)/t5?,7?,8?,13?,15-/m1/s1. The predicted molar refractivity (Wildman–Crippen MR) is 139 cm³/mol. The van der Waals surface area contributed by atoms with E-state index >= 15 is 0 Å².